The number of aliphatic carboxylic acids is 1. The lowest BCUT2D eigenvalue weighted by Crippen LogP contribution is -2.15. The Morgan fingerprint density at radius 3 is 2.58 bits per heavy atom. The second-order valence-corrected chi connectivity index (χ2v) is 5.10. The molecule has 3 heteroatoms. The molecule has 1 atom stereocenters. The Hall–Kier alpha value is -1.77. The Morgan fingerprint density at radius 1 is 1.26 bits per heavy atom. The third-order valence-corrected chi connectivity index (χ3v) is 4.02. The van der Waals surface area contributed by atoms with Crippen LogP contribution in [0.25, 0.3) is 10.9 Å². The molecule has 0 fully saturated rings. The van der Waals surface area contributed by atoms with Crippen LogP contribution in [0.3, 0.4) is 0 Å². The number of para-hydroxylation sites is 1. The summed E-state index contributed by atoms with van der Waals surface area (Å²) >= 11 is 0. The summed E-state index contributed by atoms with van der Waals surface area (Å²) in [5.74, 6) is -0.674. The predicted octanol–water partition coefficient (Wildman–Crippen LogP) is 4.16. The zero-order valence-corrected chi connectivity index (χ0v) is 11.5. The molecule has 0 saturated heterocycles. The number of H-pyrrole nitrogens is 1. The summed E-state index contributed by atoms with van der Waals surface area (Å²) in [4.78, 5) is 14.8. The predicted molar refractivity (Wildman–Crippen MR) is 77.4 cm³/mol. The first kappa shape index (κ1) is 13.7. The maximum Gasteiger partial charge on any atom is 0.311 e. The van der Waals surface area contributed by atoms with Crippen molar-refractivity contribution >= 4 is 16.9 Å². The summed E-state index contributed by atoms with van der Waals surface area (Å²) in [5, 5.41) is 10.6. The highest BCUT2D eigenvalue weighted by Gasteiger charge is 2.25. The molecule has 0 amide bonds. The quantitative estimate of drug-likeness (QED) is 0.818. The molecule has 19 heavy (non-hydrogen) atoms. The maximum absolute atomic E-state index is 11.6. The molecule has 0 bridgehead atoms. The van der Waals surface area contributed by atoms with Gasteiger partial charge in [0.25, 0.3) is 0 Å². The molecule has 1 unspecified atom stereocenters. The number of hydrogen-bond acceptors (Lipinski definition) is 1. The van der Waals surface area contributed by atoms with Crippen LogP contribution in [0.1, 0.15) is 44.6 Å². The Balaban J connectivity index is 2.36. The minimum atomic E-state index is -0.725. The van der Waals surface area contributed by atoms with Gasteiger partial charge in [0, 0.05) is 17.1 Å². The van der Waals surface area contributed by atoms with Gasteiger partial charge in [-0.3, -0.25) is 4.79 Å². The lowest BCUT2D eigenvalue weighted by Gasteiger charge is -2.18. The number of fused-ring (bicyclic) bond motifs is 1. The fourth-order valence-corrected chi connectivity index (χ4v) is 2.70. The summed E-state index contributed by atoms with van der Waals surface area (Å²) in [5.41, 5.74) is 1.92. The van der Waals surface area contributed by atoms with Gasteiger partial charge in [0.2, 0.25) is 0 Å². The van der Waals surface area contributed by atoms with E-state index in [-0.39, 0.29) is 0 Å². The minimum absolute atomic E-state index is 0.416. The second-order valence-electron chi connectivity index (χ2n) is 5.10. The van der Waals surface area contributed by atoms with Gasteiger partial charge in [-0.1, -0.05) is 44.9 Å². The Morgan fingerprint density at radius 2 is 1.95 bits per heavy atom. The van der Waals surface area contributed by atoms with E-state index in [1.54, 1.807) is 0 Å². The van der Waals surface area contributed by atoms with Crippen molar-refractivity contribution < 1.29 is 9.90 Å². The van der Waals surface area contributed by atoms with E-state index in [0.717, 1.165) is 29.3 Å². The number of aromatic nitrogens is 1. The second kappa shape index (κ2) is 5.91. The highest BCUT2D eigenvalue weighted by molar-refractivity contribution is 5.89. The van der Waals surface area contributed by atoms with Gasteiger partial charge in [-0.05, 0) is 24.0 Å². The summed E-state index contributed by atoms with van der Waals surface area (Å²) < 4.78 is 0. The lowest BCUT2D eigenvalue weighted by atomic mass is 9.86. The van der Waals surface area contributed by atoms with Crippen LogP contribution in [0.5, 0.6) is 0 Å². The standard InChI is InChI=1S/C16H21NO2/c1-3-11(4-2)9-13(16(18)19)14-10-17-15-8-6-5-7-12(14)15/h5-8,10-11,13,17H,3-4,9H2,1-2H3,(H,18,19). The van der Waals surface area contributed by atoms with Crippen LogP contribution in [0.15, 0.2) is 30.5 Å². The van der Waals surface area contributed by atoms with Gasteiger partial charge in [0.15, 0.2) is 0 Å². The van der Waals surface area contributed by atoms with Gasteiger partial charge < -0.3 is 10.1 Å². The first-order valence-electron chi connectivity index (χ1n) is 6.96. The third-order valence-electron chi connectivity index (χ3n) is 4.02. The van der Waals surface area contributed by atoms with Gasteiger partial charge in [-0.15, -0.1) is 0 Å². The number of aromatic amines is 1. The monoisotopic (exact) mass is 259 g/mol. The smallest absolute Gasteiger partial charge is 0.311 e. The molecule has 2 rings (SSSR count). The van der Waals surface area contributed by atoms with Crippen molar-refractivity contribution in [2.45, 2.75) is 39.0 Å². The van der Waals surface area contributed by atoms with E-state index in [9.17, 15) is 9.90 Å². The largest absolute Gasteiger partial charge is 0.481 e. The highest BCUT2D eigenvalue weighted by Crippen LogP contribution is 2.32. The number of carbonyl (C=O) groups is 1. The first-order valence-corrected chi connectivity index (χ1v) is 6.96. The number of rotatable bonds is 6. The average Bonchev–Trinajstić information content (AvgIpc) is 2.84. The van der Waals surface area contributed by atoms with Crippen molar-refractivity contribution in [3.05, 3.63) is 36.0 Å². The molecular formula is C16H21NO2. The number of hydrogen-bond donors (Lipinski definition) is 2. The summed E-state index contributed by atoms with van der Waals surface area (Å²) in [6.07, 6.45) is 4.63. The Bertz CT molecular complexity index is 555. The molecule has 2 N–H and O–H groups in total. The summed E-state index contributed by atoms with van der Waals surface area (Å²) in [6, 6.07) is 7.88. The third kappa shape index (κ3) is 2.80. The molecule has 0 aliphatic carbocycles. The first-order chi connectivity index (χ1) is 9.17. The minimum Gasteiger partial charge on any atom is -0.481 e. The van der Waals surface area contributed by atoms with E-state index < -0.39 is 11.9 Å². The summed E-state index contributed by atoms with van der Waals surface area (Å²) in [6.45, 7) is 4.25. The van der Waals surface area contributed by atoms with Crippen LogP contribution >= 0.6 is 0 Å². The van der Waals surface area contributed by atoms with Crippen LogP contribution in [-0.4, -0.2) is 16.1 Å². The SMILES string of the molecule is CCC(CC)CC(C(=O)O)c1c[nH]c2ccccc12. The van der Waals surface area contributed by atoms with Crippen LogP contribution in [0.2, 0.25) is 0 Å². The molecule has 102 valence electrons. The van der Waals surface area contributed by atoms with Crippen LogP contribution < -0.4 is 0 Å². The van der Waals surface area contributed by atoms with E-state index >= 15 is 0 Å². The Kier molecular flexibility index (Phi) is 4.25. The maximum atomic E-state index is 11.6. The van der Waals surface area contributed by atoms with E-state index in [1.165, 1.54) is 0 Å². The van der Waals surface area contributed by atoms with Crippen LogP contribution in [-0.2, 0) is 4.79 Å². The van der Waals surface area contributed by atoms with Crippen molar-refractivity contribution in [2.24, 2.45) is 5.92 Å². The van der Waals surface area contributed by atoms with Gasteiger partial charge in [-0.25, -0.2) is 0 Å². The fraction of sp³-hybridized carbons (Fsp3) is 0.438. The van der Waals surface area contributed by atoms with E-state index in [2.05, 4.69) is 18.8 Å². The molecule has 0 radical (unpaired) electrons. The zero-order chi connectivity index (χ0) is 13.8. The number of carboxylic acids is 1. The van der Waals surface area contributed by atoms with Crippen molar-refractivity contribution in [1.82, 2.24) is 4.98 Å². The van der Waals surface area contributed by atoms with Gasteiger partial charge in [-0.2, -0.15) is 0 Å². The van der Waals surface area contributed by atoms with Crippen molar-refractivity contribution in [3.8, 4) is 0 Å². The fourth-order valence-electron chi connectivity index (χ4n) is 2.70. The average molecular weight is 259 g/mol. The topological polar surface area (TPSA) is 53.1 Å². The molecule has 1 aromatic carbocycles. The molecule has 0 aliphatic heterocycles. The van der Waals surface area contributed by atoms with Gasteiger partial charge in [0.1, 0.15) is 0 Å². The molecule has 0 aliphatic rings. The molecule has 2 aromatic rings. The number of benzene rings is 1. The van der Waals surface area contributed by atoms with Gasteiger partial charge >= 0.3 is 5.97 Å². The van der Waals surface area contributed by atoms with Crippen LogP contribution in [0, 0.1) is 5.92 Å². The molecule has 3 nitrogen and oxygen atoms in total. The van der Waals surface area contributed by atoms with Crippen molar-refractivity contribution in [2.75, 3.05) is 0 Å². The molecular weight excluding hydrogens is 238 g/mol. The van der Waals surface area contributed by atoms with E-state index in [1.807, 2.05) is 30.5 Å². The lowest BCUT2D eigenvalue weighted by molar-refractivity contribution is -0.139. The van der Waals surface area contributed by atoms with Crippen molar-refractivity contribution in [1.29, 1.82) is 0 Å². The van der Waals surface area contributed by atoms with Crippen LogP contribution in [0.4, 0.5) is 0 Å². The van der Waals surface area contributed by atoms with E-state index in [4.69, 9.17) is 0 Å². The summed E-state index contributed by atoms with van der Waals surface area (Å²) in [7, 11) is 0. The molecule has 1 aromatic heterocycles. The number of nitrogens with one attached hydrogen (secondary N) is 1. The number of carboxylic acid groups (broad SMARTS) is 1. The van der Waals surface area contributed by atoms with Crippen molar-refractivity contribution in [3.63, 3.8) is 0 Å². The molecule has 0 spiro atoms. The molecule has 1 heterocycles. The van der Waals surface area contributed by atoms with Gasteiger partial charge in [0.05, 0.1) is 5.92 Å². The highest BCUT2D eigenvalue weighted by atomic mass is 16.4. The zero-order valence-electron chi connectivity index (χ0n) is 11.5. The molecule has 0 saturated carbocycles. The van der Waals surface area contributed by atoms with E-state index in [0.29, 0.717) is 12.3 Å². The Labute approximate surface area is 113 Å². The normalized spacial score (nSPS) is 13.0.